The Morgan fingerprint density at radius 1 is 1.30 bits per heavy atom. The van der Waals surface area contributed by atoms with E-state index >= 15 is 0 Å². The molecule has 0 atom stereocenters. The highest BCUT2D eigenvalue weighted by atomic mass is 32.2. The zero-order valence-corrected chi connectivity index (χ0v) is 13.6. The summed E-state index contributed by atoms with van der Waals surface area (Å²) in [5, 5.41) is 6.80. The molecule has 1 aromatic heterocycles. The van der Waals surface area contributed by atoms with E-state index in [4.69, 9.17) is 0 Å². The fourth-order valence-corrected chi connectivity index (χ4v) is 3.57. The Morgan fingerprint density at radius 3 is 2.70 bits per heavy atom. The predicted octanol–water partition coefficient (Wildman–Crippen LogP) is 3.69. The summed E-state index contributed by atoms with van der Waals surface area (Å²) in [6.07, 6.45) is 10.5. The van der Waals surface area contributed by atoms with Gasteiger partial charge in [-0.1, -0.05) is 19.8 Å². The summed E-state index contributed by atoms with van der Waals surface area (Å²) in [5.74, 6) is 1.70. The molecule has 1 aromatic rings. The van der Waals surface area contributed by atoms with Crippen LogP contribution in [0.2, 0.25) is 0 Å². The molecule has 0 radical (unpaired) electrons. The van der Waals surface area contributed by atoms with Gasteiger partial charge in [0.15, 0.2) is 0 Å². The quantitative estimate of drug-likeness (QED) is 0.803. The molecule has 0 amide bonds. The van der Waals surface area contributed by atoms with E-state index in [1.165, 1.54) is 25.7 Å². The maximum atomic E-state index is 4.59. The van der Waals surface area contributed by atoms with Gasteiger partial charge in [-0.15, -0.1) is 0 Å². The van der Waals surface area contributed by atoms with Crippen LogP contribution in [0.5, 0.6) is 0 Å². The van der Waals surface area contributed by atoms with E-state index in [-0.39, 0.29) is 0 Å². The SMILES string of the molecule is CCCNc1ncc(C)c(NCC2(SC)CCCC2)n1. The van der Waals surface area contributed by atoms with Crippen LogP contribution in [0.4, 0.5) is 11.8 Å². The zero-order chi connectivity index (χ0) is 14.4. The van der Waals surface area contributed by atoms with Gasteiger partial charge in [0.2, 0.25) is 5.95 Å². The van der Waals surface area contributed by atoms with Gasteiger partial charge in [0.1, 0.15) is 5.82 Å². The first-order valence-corrected chi connectivity index (χ1v) is 8.78. The highest BCUT2D eigenvalue weighted by Crippen LogP contribution is 2.40. The van der Waals surface area contributed by atoms with Gasteiger partial charge in [0.25, 0.3) is 0 Å². The lowest BCUT2D eigenvalue weighted by Crippen LogP contribution is -2.30. The van der Waals surface area contributed by atoms with Crippen LogP contribution < -0.4 is 10.6 Å². The fourth-order valence-electron chi connectivity index (χ4n) is 2.66. The Labute approximate surface area is 126 Å². The van der Waals surface area contributed by atoms with E-state index in [1.807, 2.05) is 18.0 Å². The first kappa shape index (κ1) is 15.4. The summed E-state index contributed by atoms with van der Waals surface area (Å²) in [6.45, 7) is 6.12. The van der Waals surface area contributed by atoms with Gasteiger partial charge in [-0.05, 0) is 32.4 Å². The van der Waals surface area contributed by atoms with Crippen molar-refractivity contribution in [2.45, 2.75) is 50.7 Å². The van der Waals surface area contributed by atoms with Crippen LogP contribution in [0.15, 0.2) is 6.20 Å². The fraction of sp³-hybridized carbons (Fsp3) is 0.733. The van der Waals surface area contributed by atoms with Gasteiger partial charge in [-0.25, -0.2) is 4.98 Å². The molecule has 1 fully saturated rings. The number of nitrogens with zero attached hydrogens (tertiary/aromatic N) is 2. The van der Waals surface area contributed by atoms with Crippen LogP contribution in [-0.2, 0) is 0 Å². The van der Waals surface area contributed by atoms with Crippen molar-refractivity contribution in [2.24, 2.45) is 0 Å². The van der Waals surface area contributed by atoms with Crippen molar-refractivity contribution >= 4 is 23.5 Å². The summed E-state index contributed by atoms with van der Waals surface area (Å²) in [6, 6.07) is 0. The van der Waals surface area contributed by atoms with Gasteiger partial charge >= 0.3 is 0 Å². The first-order chi connectivity index (χ1) is 9.69. The Balaban J connectivity index is 2.00. The molecule has 0 aliphatic heterocycles. The Bertz CT molecular complexity index is 430. The molecule has 1 aliphatic carbocycles. The largest absolute Gasteiger partial charge is 0.368 e. The van der Waals surface area contributed by atoms with Crippen molar-refractivity contribution < 1.29 is 0 Å². The molecular formula is C15H26N4S. The maximum Gasteiger partial charge on any atom is 0.224 e. The first-order valence-electron chi connectivity index (χ1n) is 7.55. The molecule has 0 spiro atoms. The van der Waals surface area contributed by atoms with Gasteiger partial charge in [-0.3, -0.25) is 0 Å². The molecule has 5 heteroatoms. The second-order valence-electron chi connectivity index (χ2n) is 5.60. The van der Waals surface area contributed by atoms with Crippen LogP contribution in [0.25, 0.3) is 0 Å². The van der Waals surface area contributed by atoms with Crippen LogP contribution in [0.3, 0.4) is 0 Å². The van der Waals surface area contributed by atoms with Crippen molar-refractivity contribution in [1.82, 2.24) is 9.97 Å². The summed E-state index contributed by atoms with van der Waals surface area (Å²) in [5.41, 5.74) is 1.11. The highest BCUT2D eigenvalue weighted by Gasteiger charge is 2.32. The number of aryl methyl sites for hydroxylation is 1. The molecular weight excluding hydrogens is 268 g/mol. The van der Waals surface area contributed by atoms with Crippen molar-refractivity contribution in [1.29, 1.82) is 0 Å². The number of nitrogens with one attached hydrogen (secondary N) is 2. The summed E-state index contributed by atoms with van der Waals surface area (Å²) in [4.78, 5) is 8.92. The third kappa shape index (κ3) is 3.78. The number of hydrogen-bond donors (Lipinski definition) is 2. The lowest BCUT2D eigenvalue weighted by molar-refractivity contribution is 0.638. The van der Waals surface area contributed by atoms with Gasteiger partial charge < -0.3 is 10.6 Å². The minimum Gasteiger partial charge on any atom is -0.368 e. The molecule has 1 saturated carbocycles. The number of aromatic nitrogens is 2. The topological polar surface area (TPSA) is 49.8 Å². The summed E-state index contributed by atoms with van der Waals surface area (Å²) < 4.78 is 0.397. The van der Waals surface area contributed by atoms with Crippen LogP contribution in [0.1, 0.15) is 44.6 Å². The monoisotopic (exact) mass is 294 g/mol. The van der Waals surface area contributed by atoms with E-state index in [0.717, 1.165) is 36.8 Å². The molecule has 0 unspecified atom stereocenters. The Kier molecular flexibility index (Phi) is 5.52. The van der Waals surface area contributed by atoms with Gasteiger partial charge in [-0.2, -0.15) is 16.7 Å². The molecule has 1 aliphatic rings. The van der Waals surface area contributed by atoms with Crippen LogP contribution in [0, 0.1) is 6.92 Å². The van der Waals surface area contributed by atoms with E-state index < -0.39 is 0 Å². The number of rotatable bonds is 7. The van der Waals surface area contributed by atoms with Crippen LogP contribution in [-0.4, -0.2) is 34.1 Å². The number of hydrogen-bond acceptors (Lipinski definition) is 5. The Morgan fingerprint density at radius 2 is 2.05 bits per heavy atom. The lowest BCUT2D eigenvalue weighted by Gasteiger charge is -2.27. The zero-order valence-electron chi connectivity index (χ0n) is 12.8. The molecule has 2 rings (SSSR count). The maximum absolute atomic E-state index is 4.59. The van der Waals surface area contributed by atoms with Crippen molar-refractivity contribution in [3.63, 3.8) is 0 Å². The summed E-state index contributed by atoms with van der Waals surface area (Å²) in [7, 11) is 0. The van der Waals surface area contributed by atoms with Gasteiger partial charge in [0, 0.05) is 29.6 Å². The number of anilines is 2. The molecule has 0 bridgehead atoms. The molecule has 0 aromatic carbocycles. The number of thioether (sulfide) groups is 1. The smallest absolute Gasteiger partial charge is 0.224 e. The van der Waals surface area contributed by atoms with Crippen LogP contribution >= 0.6 is 11.8 Å². The highest BCUT2D eigenvalue weighted by molar-refractivity contribution is 8.00. The second-order valence-corrected chi connectivity index (χ2v) is 6.87. The second kappa shape index (κ2) is 7.16. The average Bonchev–Trinajstić information content (AvgIpc) is 2.94. The summed E-state index contributed by atoms with van der Waals surface area (Å²) >= 11 is 2.00. The lowest BCUT2D eigenvalue weighted by atomic mass is 10.1. The molecule has 4 nitrogen and oxygen atoms in total. The molecule has 1 heterocycles. The minimum absolute atomic E-state index is 0.397. The molecule has 112 valence electrons. The van der Waals surface area contributed by atoms with Crippen molar-refractivity contribution in [3.05, 3.63) is 11.8 Å². The van der Waals surface area contributed by atoms with E-state index in [2.05, 4.69) is 40.7 Å². The molecule has 0 saturated heterocycles. The van der Waals surface area contributed by atoms with Crippen molar-refractivity contribution in [2.75, 3.05) is 30.0 Å². The third-order valence-electron chi connectivity index (χ3n) is 4.03. The molecule has 20 heavy (non-hydrogen) atoms. The Hall–Kier alpha value is -0.970. The predicted molar refractivity (Wildman–Crippen MR) is 88.8 cm³/mol. The van der Waals surface area contributed by atoms with E-state index in [0.29, 0.717) is 4.75 Å². The molecule has 2 N–H and O–H groups in total. The average molecular weight is 294 g/mol. The third-order valence-corrected chi connectivity index (χ3v) is 5.45. The van der Waals surface area contributed by atoms with E-state index in [9.17, 15) is 0 Å². The normalized spacial score (nSPS) is 17.1. The minimum atomic E-state index is 0.397. The van der Waals surface area contributed by atoms with Gasteiger partial charge in [0.05, 0.1) is 0 Å². The standard InChI is InChI=1S/C15H26N4S/c1-4-9-16-14-17-10-12(2)13(19-14)18-11-15(20-3)7-5-6-8-15/h10H,4-9,11H2,1-3H3,(H2,16,17,18,19). The van der Waals surface area contributed by atoms with E-state index in [1.54, 1.807) is 0 Å². The van der Waals surface area contributed by atoms with Crippen molar-refractivity contribution in [3.8, 4) is 0 Å².